The van der Waals surface area contributed by atoms with E-state index < -0.39 is 0 Å². The maximum absolute atomic E-state index is 4.48. The molecule has 0 saturated carbocycles. The molecule has 2 aromatic rings. The lowest BCUT2D eigenvalue weighted by molar-refractivity contribution is 1.04. The van der Waals surface area contributed by atoms with Crippen molar-refractivity contribution in [3.05, 3.63) is 33.6 Å². The number of hydrogen-bond acceptors (Lipinski definition) is 5. The molecule has 19 heavy (non-hydrogen) atoms. The first-order valence-corrected chi connectivity index (χ1v) is 7.43. The molecule has 2 heterocycles. The predicted octanol–water partition coefficient (Wildman–Crippen LogP) is 3.45. The molecule has 5 heteroatoms. The molecule has 2 rings (SSSR count). The van der Waals surface area contributed by atoms with Crippen LogP contribution in [0.25, 0.3) is 0 Å². The van der Waals surface area contributed by atoms with Crippen molar-refractivity contribution in [3.8, 4) is 0 Å². The average molecular weight is 276 g/mol. The summed E-state index contributed by atoms with van der Waals surface area (Å²) in [6.45, 7) is 7.87. The van der Waals surface area contributed by atoms with E-state index in [0.717, 1.165) is 30.9 Å². The van der Waals surface area contributed by atoms with E-state index in [4.69, 9.17) is 0 Å². The molecular formula is C14H20N4S. The Bertz CT molecular complexity index is 536. The summed E-state index contributed by atoms with van der Waals surface area (Å²) in [6.07, 6.45) is 2.95. The van der Waals surface area contributed by atoms with Crippen LogP contribution in [0.5, 0.6) is 0 Å². The number of nitrogens with one attached hydrogen (secondary N) is 2. The van der Waals surface area contributed by atoms with Gasteiger partial charge >= 0.3 is 0 Å². The van der Waals surface area contributed by atoms with Crippen molar-refractivity contribution < 1.29 is 0 Å². The second-order valence-electron chi connectivity index (χ2n) is 4.33. The summed E-state index contributed by atoms with van der Waals surface area (Å²) in [4.78, 5) is 11.5. The Morgan fingerprint density at radius 3 is 2.63 bits per heavy atom. The van der Waals surface area contributed by atoms with Gasteiger partial charge in [-0.1, -0.05) is 6.92 Å². The molecule has 0 aliphatic carbocycles. The van der Waals surface area contributed by atoms with Crippen molar-refractivity contribution in [3.63, 3.8) is 0 Å². The highest BCUT2D eigenvalue weighted by molar-refractivity contribution is 7.12. The minimum Gasteiger partial charge on any atom is -0.365 e. The number of aryl methyl sites for hydroxylation is 2. The normalized spacial score (nSPS) is 10.5. The Balaban J connectivity index is 2.03. The molecule has 0 aliphatic rings. The Hall–Kier alpha value is -1.62. The molecule has 2 aromatic heterocycles. The lowest BCUT2D eigenvalue weighted by atomic mass is 10.3. The number of anilines is 2. The molecule has 0 aromatic carbocycles. The second-order valence-corrected chi connectivity index (χ2v) is 5.58. The van der Waals surface area contributed by atoms with Gasteiger partial charge in [-0.05, 0) is 32.4 Å². The third-order valence-electron chi connectivity index (χ3n) is 2.80. The van der Waals surface area contributed by atoms with Crippen molar-refractivity contribution in [2.24, 2.45) is 0 Å². The van der Waals surface area contributed by atoms with Gasteiger partial charge in [-0.3, -0.25) is 0 Å². The lowest BCUT2D eigenvalue weighted by Gasteiger charge is -2.09. The molecule has 0 aliphatic heterocycles. The zero-order chi connectivity index (χ0) is 13.7. The Morgan fingerprint density at radius 2 is 1.95 bits per heavy atom. The van der Waals surface area contributed by atoms with Crippen LogP contribution in [0.4, 0.5) is 11.8 Å². The van der Waals surface area contributed by atoms with Crippen LogP contribution in [0.1, 0.15) is 29.2 Å². The van der Waals surface area contributed by atoms with Crippen LogP contribution in [0.15, 0.2) is 18.3 Å². The van der Waals surface area contributed by atoms with Gasteiger partial charge in [0, 0.05) is 28.1 Å². The maximum Gasteiger partial charge on any atom is 0.224 e. The largest absolute Gasteiger partial charge is 0.365 e. The standard InChI is InChI=1S/C14H20N4S/c1-4-11-6-7-12(19-11)9-16-13-10(3)8-17-14(18-13)15-5-2/h6-8H,4-5,9H2,1-3H3,(H2,15,16,17,18). The fourth-order valence-corrected chi connectivity index (χ4v) is 2.64. The third-order valence-corrected chi connectivity index (χ3v) is 4.03. The van der Waals surface area contributed by atoms with Crippen molar-refractivity contribution in [1.82, 2.24) is 9.97 Å². The highest BCUT2D eigenvalue weighted by Crippen LogP contribution is 2.19. The SMILES string of the molecule is CCNc1ncc(C)c(NCc2ccc(CC)s2)n1. The van der Waals surface area contributed by atoms with Crippen LogP contribution in [0.3, 0.4) is 0 Å². The molecule has 0 spiro atoms. The maximum atomic E-state index is 4.48. The summed E-state index contributed by atoms with van der Waals surface area (Å²) in [6, 6.07) is 4.37. The van der Waals surface area contributed by atoms with E-state index in [9.17, 15) is 0 Å². The van der Waals surface area contributed by atoms with Crippen LogP contribution >= 0.6 is 11.3 Å². The molecule has 2 N–H and O–H groups in total. The van der Waals surface area contributed by atoms with E-state index in [1.165, 1.54) is 9.75 Å². The average Bonchev–Trinajstić information content (AvgIpc) is 2.88. The lowest BCUT2D eigenvalue weighted by Crippen LogP contribution is -2.07. The van der Waals surface area contributed by atoms with Crippen LogP contribution in [-0.2, 0) is 13.0 Å². The Morgan fingerprint density at radius 1 is 1.16 bits per heavy atom. The van der Waals surface area contributed by atoms with Crippen LogP contribution < -0.4 is 10.6 Å². The number of nitrogens with zero attached hydrogens (tertiary/aromatic N) is 2. The molecule has 102 valence electrons. The van der Waals surface area contributed by atoms with Crippen LogP contribution in [0.2, 0.25) is 0 Å². The molecule has 0 unspecified atom stereocenters. The van der Waals surface area contributed by atoms with Gasteiger partial charge in [0.05, 0.1) is 6.54 Å². The number of aromatic nitrogens is 2. The van der Waals surface area contributed by atoms with Crippen molar-refractivity contribution in [2.45, 2.75) is 33.7 Å². The van der Waals surface area contributed by atoms with Gasteiger partial charge in [0.1, 0.15) is 5.82 Å². The van der Waals surface area contributed by atoms with Gasteiger partial charge in [-0.25, -0.2) is 4.98 Å². The zero-order valence-corrected chi connectivity index (χ0v) is 12.5. The van der Waals surface area contributed by atoms with E-state index in [-0.39, 0.29) is 0 Å². The Labute approximate surface area is 118 Å². The first kappa shape index (κ1) is 13.8. The first-order chi connectivity index (χ1) is 9.22. The summed E-state index contributed by atoms with van der Waals surface area (Å²) in [5.74, 6) is 1.58. The van der Waals surface area contributed by atoms with Gasteiger partial charge < -0.3 is 10.6 Å². The van der Waals surface area contributed by atoms with Crippen LogP contribution in [-0.4, -0.2) is 16.5 Å². The molecule has 4 nitrogen and oxygen atoms in total. The molecule has 0 amide bonds. The molecule has 0 atom stereocenters. The predicted molar refractivity (Wildman–Crippen MR) is 82.0 cm³/mol. The summed E-state index contributed by atoms with van der Waals surface area (Å²) in [5.41, 5.74) is 1.06. The van der Waals surface area contributed by atoms with Gasteiger partial charge in [-0.15, -0.1) is 11.3 Å². The Kier molecular flexibility index (Phi) is 4.74. The van der Waals surface area contributed by atoms with Crippen LogP contribution in [0, 0.1) is 6.92 Å². The summed E-state index contributed by atoms with van der Waals surface area (Å²) in [5, 5.41) is 6.51. The van der Waals surface area contributed by atoms with E-state index in [0.29, 0.717) is 5.95 Å². The number of rotatable bonds is 6. The van der Waals surface area contributed by atoms with E-state index in [2.05, 4.69) is 39.7 Å². The number of thiophene rings is 1. The van der Waals surface area contributed by atoms with Crippen molar-refractivity contribution >= 4 is 23.1 Å². The monoisotopic (exact) mass is 276 g/mol. The summed E-state index contributed by atoms with van der Waals surface area (Å²) >= 11 is 1.85. The quantitative estimate of drug-likeness (QED) is 0.848. The summed E-state index contributed by atoms with van der Waals surface area (Å²) in [7, 11) is 0. The first-order valence-electron chi connectivity index (χ1n) is 6.62. The third kappa shape index (κ3) is 3.67. The fourth-order valence-electron chi connectivity index (χ4n) is 1.74. The zero-order valence-electron chi connectivity index (χ0n) is 11.7. The molecule has 0 radical (unpaired) electrons. The highest BCUT2D eigenvalue weighted by atomic mass is 32.1. The van der Waals surface area contributed by atoms with Gasteiger partial charge in [0.15, 0.2) is 0 Å². The van der Waals surface area contributed by atoms with Crippen molar-refractivity contribution in [1.29, 1.82) is 0 Å². The molecule has 0 bridgehead atoms. The van der Waals surface area contributed by atoms with Gasteiger partial charge in [-0.2, -0.15) is 4.98 Å². The van der Waals surface area contributed by atoms with Crippen molar-refractivity contribution in [2.75, 3.05) is 17.2 Å². The molecular weight excluding hydrogens is 256 g/mol. The molecule has 0 fully saturated rings. The number of hydrogen-bond donors (Lipinski definition) is 2. The smallest absolute Gasteiger partial charge is 0.224 e. The van der Waals surface area contributed by atoms with E-state index >= 15 is 0 Å². The fraction of sp³-hybridized carbons (Fsp3) is 0.429. The second kappa shape index (κ2) is 6.52. The van der Waals surface area contributed by atoms with Gasteiger partial charge in [0.25, 0.3) is 0 Å². The summed E-state index contributed by atoms with van der Waals surface area (Å²) < 4.78 is 0. The molecule has 0 saturated heterocycles. The topological polar surface area (TPSA) is 49.8 Å². The highest BCUT2D eigenvalue weighted by Gasteiger charge is 2.04. The van der Waals surface area contributed by atoms with Gasteiger partial charge in [0.2, 0.25) is 5.95 Å². The van der Waals surface area contributed by atoms with E-state index in [1.807, 2.05) is 31.4 Å². The minimum absolute atomic E-state index is 0.677. The van der Waals surface area contributed by atoms with E-state index in [1.54, 1.807) is 0 Å². The minimum atomic E-state index is 0.677.